The summed E-state index contributed by atoms with van der Waals surface area (Å²) in [5.41, 5.74) is 8.10. The van der Waals surface area contributed by atoms with E-state index in [4.69, 9.17) is 19.9 Å². The fraction of sp³-hybridized carbons (Fsp3) is 0. The molecule has 220 valence electrons. The largest absolute Gasteiger partial charge is 0.276 e. The molecule has 0 saturated carbocycles. The molecule has 0 spiro atoms. The molecule has 4 aromatic heterocycles. The van der Waals surface area contributed by atoms with Crippen LogP contribution in [-0.4, -0.2) is 28.9 Å². The number of aromatic nitrogens is 6. The van der Waals surface area contributed by atoms with E-state index in [0.717, 1.165) is 44.5 Å². The van der Waals surface area contributed by atoms with Crippen LogP contribution in [0.15, 0.2) is 146 Å². The summed E-state index contributed by atoms with van der Waals surface area (Å²) < 4.78 is 6.89. The van der Waals surface area contributed by atoms with Gasteiger partial charge in [-0.1, -0.05) is 103 Å². The maximum Gasteiger partial charge on any atom is 0.241 e. The van der Waals surface area contributed by atoms with Crippen LogP contribution in [0, 0.1) is 0 Å². The van der Waals surface area contributed by atoms with Gasteiger partial charge in [0.25, 0.3) is 0 Å². The second kappa shape index (κ2) is 10.2. The fourth-order valence-electron chi connectivity index (χ4n) is 6.58. The second-order valence-electron chi connectivity index (χ2n) is 11.6. The molecular formula is C40H24N6S. The van der Waals surface area contributed by atoms with E-state index < -0.39 is 0 Å². The Hall–Kier alpha value is -6.18. The van der Waals surface area contributed by atoms with Gasteiger partial charge in [0.05, 0.1) is 22.1 Å². The van der Waals surface area contributed by atoms with E-state index in [-0.39, 0.29) is 0 Å². The van der Waals surface area contributed by atoms with Crippen molar-refractivity contribution < 1.29 is 0 Å². The van der Waals surface area contributed by atoms with Gasteiger partial charge in [-0.25, -0.2) is 14.5 Å². The molecule has 4 heterocycles. The summed E-state index contributed by atoms with van der Waals surface area (Å²) in [7, 11) is 0. The summed E-state index contributed by atoms with van der Waals surface area (Å²) in [6.45, 7) is 0. The van der Waals surface area contributed by atoms with Crippen molar-refractivity contribution >= 4 is 59.4 Å². The van der Waals surface area contributed by atoms with E-state index in [2.05, 4.69) is 87.8 Å². The number of thiophene rings is 1. The van der Waals surface area contributed by atoms with E-state index in [1.807, 2.05) is 78.1 Å². The predicted octanol–water partition coefficient (Wildman–Crippen LogP) is 9.99. The van der Waals surface area contributed by atoms with Gasteiger partial charge in [-0.15, -0.1) is 11.3 Å². The lowest BCUT2D eigenvalue weighted by Gasteiger charge is -2.10. The van der Waals surface area contributed by atoms with Gasteiger partial charge in [0, 0.05) is 31.3 Å². The van der Waals surface area contributed by atoms with Crippen LogP contribution in [0.5, 0.6) is 0 Å². The quantitative estimate of drug-likeness (QED) is 0.196. The van der Waals surface area contributed by atoms with Gasteiger partial charge in [0.2, 0.25) is 11.7 Å². The van der Waals surface area contributed by atoms with Crippen LogP contribution in [0.1, 0.15) is 0 Å². The lowest BCUT2D eigenvalue weighted by molar-refractivity contribution is 0.937. The van der Waals surface area contributed by atoms with E-state index >= 15 is 0 Å². The summed E-state index contributed by atoms with van der Waals surface area (Å²) in [5, 5.41) is 2.58. The van der Waals surface area contributed by atoms with Crippen LogP contribution in [0.2, 0.25) is 0 Å². The molecular weight excluding hydrogens is 597 g/mol. The molecule has 0 bridgehead atoms. The smallest absolute Gasteiger partial charge is 0.241 e. The normalized spacial score (nSPS) is 11.8. The van der Waals surface area contributed by atoms with Crippen LogP contribution in [-0.2, 0) is 0 Å². The van der Waals surface area contributed by atoms with Crippen molar-refractivity contribution in [1.29, 1.82) is 0 Å². The molecule has 10 aromatic rings. The minimum absolute atomic E-state index is 0.520. The molecule has 0 aliphatic rings. The summed E-state index contributed by atoms with van der Waals surface area (Å²) in [4.78, 5) is 20.2. The van der Waals surface area contributed by atoms with E-state index in [1.165, 1.54) is 25.7 Å². The molecule has 0 aliphatic heterocycles. The number of imidazole rings is 2. The van der Waals surface area contributed by atoms with Crippen molar-refractivity contribution in [3.05, 3.63) is 146 Å². The van der Waals surface area contributed by atoms with Crippen molar-refractivity contribution in [2.45, 2.75) is 0 Å². The Morgan fingerprint density at radius 2 is 1.06 bits per heavy atom. The van der Waals surface area contributed by atoms with Crippen molar-refractivity contribution in [3.63, 3.8) is 0 Å². The zero-order chi connectivity index (χ0) is 30.9. The van der Waals surface area contributed by atoms with Gasteiger partial charge < -0.3 is 0 Å². The molecule has 47 heavy (non-hydrogen) atoms. The SMILES string of the molecule is c1ccc(-c2nc(-c3ccccc3)nc(-n3c4ccc(-c5ccc6sc7ccccc7c6c5)cc4n4c5ccccc5nc34)n2)cc1. The highest BCUT2D eigenvalue weighted by molar-refractivity contribution is 7.25. The first-order valence-corrected chi connectivity index (χ1v) is 16.3. The molecule has 0 atom stereocenters. The molecule has 0 N–H and O–H groups in total. The highest BCUT2D eigenvalue weighted by atomic mass is 32.1. The van der Waals surface area contributed by atoms with Gasteiger partial charge >= 0.3 is 0 Å². The van der Waals surface area contributed by atoms with Crippen molar-refractivity contribution in [2.24, 2.45) is 0 Å². The van der Waals surface area contributed by atoms with Crippen LogP contribution < -0.4 is 0 Å². The molecule has 0 unspecified atom stereocenters. The number of fused-ring (bicyclic) bond motifs is 8. The second-order valence-corrected chi connectivity index (χ2v) is 12.7. The Kier molecular flexibility index (Phi) is 5.64. The van der Waals surface area contributed by atoms with Gasteiger partial charge in [0.15, 0.2) is 11.6 Å². The van der Waals surface area contributed by atoms with E-state index in [0.29, 0.717) is 17.6 Å². The first-order chi connectivity index (χ1) is 23.3. The van der Waals surface area contributed by atoms with Gasteiger partial charge in [-0.3, -0.25) is 4.40 Å². The molecule has 0 aliphatic carbocycles. The Balaban J connectivity index is 1.25. The monoisotopic (exact) mass is 620 g/mol. The van der Waals surface area contributed by atoms with E-state index in [1.54, 1.807) is 0 Å². The average molecular weight is 621 g/mol. The molecule has 0 radical (unpaired) electrons. The van der Waals surface area contributed by atoms with Gasteiger partial charge in [-0.05, 0) is 53.6 Å². The van der Waals surface area contributed by atoms with Crippen molar-refractivity contribution in [3.8, 4) is 39.9 Å². The number of rotatable bonds is 4. The molecule has 10 rings (SSSR count). The highest BCUT2D eigenvalue weighted by Gasteiger charge is 2.21. The average Bonchev–Trinajstić information content (AvgIpc) is 3.80. The molecule has 7 heteroatoms. The van der Waals surface area contributed by atoms with Gasteiger partial charge in [0.1, 0.15) is 0 Å². The summed E-state index contributed by atoms with van der Waals surface area (Å²) in [5.74, 6) is 2.49. The molecule has 0 amide bonds. The topological polar surface area (TPSA) is 60.9 Å². The first-order valence-electron chi connectivity index (χ1n) is 15.5. The maximum absolute atomic E-state index is 5.13. The van der Waals surface area contributed by atoms with Crippen molar-refractivity contribution in [1.82, 2.24) is 28.9 Å². The standard InChI is InChI=1S/C40H24N6S/c1-3-11-25(12-4-1)37-42-38(26-13-5-2-6-14-26)44-39(43-37)46-33-21-19-28(24-34(33)45-32-17-9-8-16-31(32)41-40(45)46)27-20-22-36-30(23-27)29-15-7-10-18-35(29)47-36/h1-24H. The van der Waals surface area contributed by atoms with Crippen LogP contribution in [0.3, 0.4) is 0 Å². The van der Waals surface area contributed by atoms with Crippen molar-refractivity contribution in [2.75, 3.05) is 0 Å². The van der Waals surface area contributed by atoms with Crippen LogP contribution in [0.25, 0.3) is 87.9 Å². The molecule has 6 aromatic carbocycles. The van der Waals surface area contributed by atoms with Crippen LogP contribution in [0.4, 0.5) is 0 Å². The molecule has 0 fully saturated rings. The first kappa shape index (κ1) is 26.1. The van der Waals surface area contributed by atoms with E-state index in [9.17, 15) is 0 Å². The predicted molar refractivity (Wildman–Crippen MR) is 192 cm³/mol. The lowest BCUT2D eigenvalue weighted by atomic mass is 10.0. The molecule has 6 nitrogen and oxygen atoms in total. The summed E-state index contributed by atoms with van der Waals surface area (Å²) in [6, 6.07) is 50.4. The Bertz CT molecular complexity index is 2740. The molecule has 0 saturated heterocycles. The van der Waals surface area contributed by atoms with Crippen LogP contribution >= 0.6 is 11.3 Å². The maximum atomic E-state index is 5.13. The number of para-hydroxylation sites is 2. The number of hydrogen-bond donors (Lipinski definition) is 0. The number of hydrogen-bond acceptors (Lipinski definition) is 5. The third kappa shape index (κ3) is 4.10. The number of benzene rings is 6. The Labute approximate surface area is 272 Å². The number of nitrogens with zero attached hydrogens (tertiary/aromatic N) is 6. The third-order valence-corrected chi connectivity index (χ3v) is 9.95. The Morgan fingerprint density at radius 3 is 1.85 bits per heavy atom. The van der Waals surface area contributed by atoms with Gasteiger partial charge in [-0.2, -0.15) is 9.97 Å². The zero-order valence-corrected chi connectivity index (χ0v) is 25.8. The minimum atomic E-state index is 0.520. The minimum Gasteiger partial charge on any atom is -0.276 e. The lowest BCUT2D eigenvalue weighted by Crippen LogP contribution is -2.06. The summed E-state index contributed by atoms with van der Waals surface area (Å²) in [6.07, 6.45) is 0. The zero-order valence-electron chi connectivity index (χ0n) is 24.9. The third-order valence-electron chi connectivity index (χ3n) is 8.80. The Morgan fingerprint density at radius 1 is 0.426 bits per heavy atom. The summed E-state index contributed by atoms with van der Waals surface area (Å²) >= 11 is 1.84. The highest BCUT2D eigenvalue weighted by Crippen LogP contribution is 2.38. The fourth-order valence-corrected chi connectivity index (χ4v) is 7.67.